The zero-order valence-corrected chi connectivity index (χ0v) is 12.2. The summed E-state index contributed by atoms with van der Waals surface area (Å²) in [5.74, 6) is 0. The van der Waals surface area contributed by atoms with Gasteiger partial charge in [0, 0.05) is 31.1 Å². The molecule has 0 spiro atoms. The second kappa shape index (κ2) is 7.89. The molecule has 0 unspecified atom stereocenters. The van der Waals surface area contributed by atoms with E-state index >= 15 is 0 Å². The fraction of sp³-hybridized carbons (Fsp3) is 0.714. The second-order valence-electron chi connectivity index (χ2n) is 4.97. The van der Waals surface area contributed by atoms with Crippen LogP contribution in [0, 0.1) is 6.92 Å². The number of hydrogen-bond acceptors (Lipinski definition) is 4. The molecule has 0 aliphatic carbocycles. The molecule has 3 nitrogen and oxygen atoms in total. The zero-order valence-electron chi connectivity index (χ0n) is 11.4. The second-order valence-corrected chi connectivity index (χ2v) is 5.97. The molecule has 0 atom stereocenters. The maximum absolute atomic E-state index is 3.55. The lowest BCUT2D eigenvalue weighted by Gasteiger charge is -2.27. The highest BCUT2D eigenvalue weighted by Crippen LogP contribution is 2.15. The van der Waals surface area contributed by atoms with Crippen LogP contribution in [0.4, 0.5) is 0 Å². The summed E-state index contributed by atoms with van der Waals surface area (Å²) in [4.78, 5) is 4.09. The van der Waals surface area contributed by atoms with Crippen molar-refractivity contribution >= 4 is 11.3 Å². The normalized spacial score (nSPS) is 17.2. The molecule has 0 saturated carbocycles. The Morgan fingerprint density at radius 3 is 2.89 bits per heavy atom. The Labute approximate surface area is 115 Å². The minimum absolute atomic E-state index is 1.11. The van der Waals surface area contributed by atoms with Crippen molar-refractivity contribution in [3.63, 3.8) is 0 Å². The molecule has 0 bridgehead atoms. The summed E-state index contributed by atoms with van der Waals surface area (Å²) in [5, 5.41) is 9.13. The van der Waals surface area contributed by atoms with E-state index in [4.69, 9.17) is 0 Å². The van der Waals surface area contributed by atoms with Crippen LogP contribution in [0.5, 0.6) is 0 Å². The third-order valence-corrected chi connectivity index (χ3v) is 4.62. The smallest absolute Gasteiger partial charge is 0.0107 e. The number of nitrogens with zero attached hydrogens (tertiary/aromatic N) is 1. The average Bonchev–Trinajstić information content (AvgIpc) is 2.81. The molecule has 102 valence electrons. The van der Waals surface area contributed by atoms with Gasteiger partial charge in [-0.25, -0.2) is 0 Å². The molecule has 1 aliphatic rings. The third-order valence-electron chi connectivity index (χ3n) is 3.53. The van der Waals surface area contributed by atoms with E-state index in [1.807, 2.05) is 11.3 Å². The standard InChI is InChI=1S/C14H25N3S/c1-13-4-12-18-14(13)3-6-15-5-2-9-17-10-7-16-8-11-17/h4,12,15-16H,2-3,5-11H2,1H3. The Balaban J connectivity index is 1.47. The Morgan fingerprint density at radius 1 is 1.33 bits per heavy atom. The first-order chi connectivity index (χ1) is 8.86. The number of hydrogen-bond donors (Lipinski definition) is 2. The SMILES string of the molecule is Cc1ccsc1CCNCCCN1CCNCC1. The van der Waals surface area contributed by atoms with E-state index in [1.165, 1.54) is 42.9 Å². The summed E-state index contributed by atoms with van der Waals surface area (Å²) in [6.45, 7) is 10.5. The monoisotopic (exact) mass is 267 g/mol. The summed E-state index contributed by atoms with van der Waals surface area (Å²) >= 11 is 1.88. The Morgan fingerprint density at radius 2 is 2.17 bits per heavy atom. The van der Waals surface area contributed by atoms with Crippen molar-refractivity contribution in [3.8, 4) is 0 Å². The van der Waals surface area contributed by atoms with Crippen molar-refractivity contribution in [1.82, 2.24) is 15.5 Å². The van der Waals surface area contributed by atoms with E-state index in [0.29, 0.717) is 0 Å². The highest BCUT2D eigenvalue weighted by molar-refractivity contribution is 7.10. The van der Waals surface area contributed by atoms with Gasteiger partial charge in [0.15, 0.2) is 0 Å². The van der Waals surface area contributed by atoms with Gasteiger partial charge in [-0.05, 0) is 56.4 Å². The molecule has 1 aliphatic heterocycles. The molecule has 0 aromatic carbocycles. The van der Waals surface area contributed by atoms with Crippen molar-refractivity contribution in [3.05, 3.63) is 21.9 Å². The molecule has 4 heteroatoms. The Bertz CT molecular complexity index is 332. The first-order valence-electron chi connectivity index (χ1n) is 7.03. The summed E-state index contributed by atoms with van der Waals surface area (Å²) < 4.78 is 0. The fourth-order valence-corrected chi connectivity index (χ4v) is 3.26. The Hall–Kier alpha value is -0.420. The number of piperazine rings is 1. The summed E-state index contributed by atoms with van der Waals surface area (Å²) in [7, 11) is 0. The summed E-state index contributed by atoms with van der Waals surface area (Å²) in [6, 6.07) is 2.21. The topological polar surface area (TPSA) is 27.3 Å². The van der Waals surface area contributed by atoms with Crippen LogP contribution >= 0.6 is 11.3 Å². The molecule has 1 fully saturated rings. The summed E-state index contributed by atoms with van der Waals surface area (Å²) in [6.07, 6.45) is 2.44. The van der Waals surface area contributed by atoms with Crippen LogP contribution in [0.3, 0.4) is 0 Å². The minimum Gasteiger partial charge on any atom is -0.316 e. The number of thiophene rings is 1. The van der Waals surface area contributed by atoms with Crippen LogP contribution < -0.4 is 10.6 Å². The zero-order chi connectivity index (χ0) is 12.6. The minimum atomic E-state index is 1.11. The van der Waals surface area contributed by atoms with E-state index in [2.05, 4.69) is 33.9 Å². The van der Waals surface area contributed by atoms with Gasteiger partial charge in [-0.3, -0.25) is 0 Å². The largest absolute Gasteiger partial charge is 0.316 e. The van der Waals surface area contributed by atoms with E-state index in [1.54, 1.807) is 0 Å². The molecule has 2 N–H and O–H groups in total. The van der Waals surface area contributed by atoms with Crippen molar-refractivity contribution in [1.29, 1.82) is 0 Å². The fourth-order valence-electron chi connectivity index (χ4n) is 2.35. The first-order valence-corrected chi connectivity index (χ1v) is 7.91. The van der Waals surface area contributed by atoms with Gasteiger partial charge in [-0.2, -0.15) is 0 Å². The quantitative estimate of drug-likeness (QED) is 0.733. The molecular weight excluding hydrogens is 242 g/mol. The highest BCUT2D eigenvalue weighted by Gasteiger charge is 2.07. The van der Waals surface area contributed by atoms with Crippen LogP contribution in [0.2, 0.25) is 0 Å². The highest BCUT2D eigenvalue weighted by atomic mass is 32.1. The van der Waals surface area contributed by atoms with Crippen molar-refractivity contribution < 1.29 is 0 Å². The lowest BCUT2D eigenvalue weighted by atomic mass is 10.2. The lowest BCUT2D eigenvalue weighted by Crippen LogP contribution is -2.44. The molecule has 1 saturated heterocycles. The van der Waals surface area contributed by atoms with Crippen molar-refractivity contribution in [2.75, 3.05) is 45.8 Å². The summed E-state index contributed by atoms with van der Waals surface area (Å²) in [5.41, 5.74) is 1.45. The van der Waals surface area contributed by atoms with Gasteiger partial charge < -0.3 is 15.5 Å². The van der Waals surface area contributed by atoms with Crippen LogP contribution in [0.25, 0.3) is 0 Å². The molecule has 1 aromatic heterocycles. The predicted octanol–water partition coefficient (Wildman–Crippen LogP) is 1.48. The third kappa shape index (κ3) is 4.69. The molecular formula is C14H25N3S. The van der Waals surface area contributed by atoms with Crippen molar-refractivity contribution in [2.45, 2.75) is 19.8 Å². The number of nitrogens with one attached hydrogen (secondary N) is 2. The maximum Gasteiger partial charge on any atom is 0.0107 e. The molecule has 2 rings (SSSR count). The molecule has 1 aromatic rings. The van der Waals surface area contributed by atoms with Gasteiger partial charge in [-0.1, -0.05) is 0 Å². The maximum atomic E-state index is 3.55. The van der Waals surface area contributed by atoms with E-state index in [0.717, 1.165) is 26.2 Å². The van der Waals surface area contributed by atoms with Gasteiger partial charge in [-0.15, -0.1) is 11.3 Å². The molecule has 18 heavy (non-hydrogen) atoms. The van der Waals surface area contributed by atoms with E-state index in [9.17, 15) is 0 Å². The van der Waals surface area contributed by atoms with Gasteiger partial charge in [0.25, 0.3) is 0 Å². The lowest BCUT2D eigenvalue weighted by molar-refractivity contribution is 0.238. The van der Waals surface area contributed by atoms with E-state index in [-0.39, 0.29) is 0 Å². The van der Waals surface area contributed by atoms with Gasteiger partial charge >= 0.3 is 0 Å². The average molecular weight is 267 g/mol. The number of rotatable bonds is 7. The molecule has 0 radical (unpaired) electrons. The van der Waals surface area contributed by atoms with Crippen LogP contribution in [0.1, 0.15) is 16.9 Å². The van der Waals surface area contributed by atoms with Crippen LogP contribution in [-0.4, -0.2) is 50.7 Å². The molecule has 0 amide bonds. The van der Waals surface area contributed by atoms with Crippen LogP contribution in [-0.2, 0) is 6.42 Å². The van der Waals surface area contributed by atoms with Gasteiger partial charge in [0.1, 0.15) is 0 Å². The number of aryl methyl sites for hydroxylation is 1. The molecule has 2 heterocycles. The van der Waals surface area contributed by atoms with E-state index < -0.39 is 0 Å². The van der Waals surface area contributed by atoms with Gasteiger partial charge in [0.2, 0.25) is 0 Å². The van der Waals surface area contributed by atoms with Crippen molar-refractivity contribution in [2.24, 2.45) is 0 Å². The Kier molecular flexibility index (Phi) is 6.14. The van der Waals surface area contributed by atoms with Gasteiger partial charge in [0.05, 0.1) is 0 Å². The van der Waals surface area contributed by atoms with Crippen LogP contribution in [0.15, 0.2) is 11.4 Å². The predicted molar refractivity (Wildman–Crippen MR) is 79.6 cm³/mol. The first kappa shape index (κ1) is 14.0.